The van der Waals surface area contributed by atoms with Gasteiger partial charge in [-0.25, -0.2) is 9.37 Å². The van der Waals surface area contributed by atoms with Gasteiger partial charge in [0.25, 0.3) is 5.88 Å². The summed E-state index contributed by atoms with van der Waals surface area (Å²) in [5, 5.41) is 0. The van der Waals surface area contributed by atoms with E-state index in [2.05, 4.69) is 25.9 Å². The van der Waals surface area contributed by atoms with Crippen LogP contribution in [-0.2, 0) is 0 Å². The van der Waals surface area contributed by atoms with Gasteiger partial charge in [-0.2, -0.15) is 0 Å². The normalized spacial score (nSPS) is 10.1. The number of benzene rings is 1. The third-order valence-corrected chi connectivity index (χ3v) is 2.42. The van der Waals surface area contributed by atoms with Crippen molar-refractivity contribution in [3.8, 4) is 11.6 Å². The third-order valence-electron chi connectivity index (χ3n) is 1.78. The van der Waals surface area contributed by atoms with E-state index in [4.69, 9.17) is 4.74 Å². The highest BCUT2D eigenvalue weighted by molar-refractivity contribution is 9.10. The largest absolute Gasteiger partial charge is 0.435 e. The van der Waals surface area contributed by atoms with Crippen LogP contribution in [0, 0.1) is 5.82 Å². The lowest BCUT2D eigenvalue weighted by molar-refractivity contribution is 0.449. The molecule has 4 nitrogen and oxygen atoms in total. The molecule has 1 aromatic heterocycles. The summed E-state index contributed by atoms with van der Waals surface area (Å²) < 4.78 is 18.6. The number of hydrogen-bond acceptors (Lipinski definition) is 3. The zero-order chi connectivity index (χ0) is 11.5. The molecule has 0 aliphatic rings. The molecular weight excluding hydrogens is 279 g/mol. The number of aromatic nitrogens is 2. The molecular formula is C10H6BrFN2O2. The summed E-state index contributed by atoms with van der Waals surface area (Å²) in [4.78, 5) is 17.4. The van der Waals surface area contributed by atoms with Crippen LogP contribution in [0.1, 0.15) is 0 Å². The van der Waals surface area contributed by atoms with Gasteiger partial charge in [0.1, 0.15) is 11.6 Å². The van der Waals surface area contributed by atoms with E-state index in [1.165, 1.54) is 24.5 Å². The lowest BCUT2D eigenvalue weighted by Crippen LogP contribution is -2.09. The maximum absolute atomic E-state index is 13.1. The Bertz CT molecular complexity index is 571. The van der Waals surface area contributed by atoms with Crippen LogP contribution in [0.25, 0.3) is 0 Å². The van der Waals surface area contributed by atoms with Crippen LogP contribution < -0.4 is 10.3 Å². The van der Waals surface area contributed by atoms with Crippen molar-refractivity contribution in [1.82, 2.24) is 9.97 Å². The molecule has 0 aliphatic carbocycles. The van der Waals surface area contributed by atoms with Crippen LogP contribution in [0.5, 0.6) is 11.6 Å². The SMILES string of the molecule is O=c1[nH]ccnc1Oc1ccc(Br)c(F)c1. The zero-order valence-corrected chi connectivity index (χ0v) is 9.49. The minimum Gasteiger partial charge on any atom is -0.435 e. The van der Waals surface area contributed by atoms with Gasteiger partial charge < -0.3 is 9.72 Å². The average Bonchev–Trinajstić information content (AvgIpc) is 2.27. The van der Waals surface area contributed by atoms with Crippen LogP contribution >= 0.6 is 15.9 Å². The minimum atomic E-state index is -0.468. The second kappa shape index (κ2) is 4.44. The fraction of sp³-hybridized carbons (Fsp3) is 0. The van der Waals surface area contributed by atoms with Gasteiger partial charge in [0.05, 0.1) is 4.47 Å². The molecule has 1 N–H and O–H groups in total. The van der Waals surface area contributed by atoms with E-state index in [1.807, 2.05) is 0 Å². The molecule has 6 heteroatoms. The minimum absolute atomic E-state index is 0.121. The highest BCUT2D eigenvalue weighted by atomic mass is 79.9. The molecule has 0 unspecified atom stereocenters. The first kappa shape index (κ1) is 10.8. The molecule has 82 valence electrons. The van der Waals surface area contributed by atoms with Crippen molar-refractivity contribution in [3.05, 3.63) is 51.2 Å². The van der Waals surface area contributed by atoms with Gasteiger partial charge in [-0.3, -0.25) is 4.79 Å². The van der Waals surface area contributed by atoms with Crippen LogP contribution in [0.4, 0.5) is 4.39 Å². The number of nitrogens with one attached hydrogen (secondary N) is 1. The fourth-order valence-corrected chi connectivity index (χ4v) is 1.31. The highest BCUT2D eigenvalue weighted by Crippen LogP contribution is 2.23. The van der Waals surface area contributed by atoms with Crippen molar-refractivity contribution in [1.29, 1.82) is 0 Å². The van der Waals surface area contributed by atoms with Crippen molar-refractivity contribution in [2.75, 3.05) is 0 Å². The van der Waals surface area contributed by atoms with Gasteiger partial charge in [-0.15, -0.1) is 0 Å². The van der Waals surface area contributed by atoms with Crippen molar-refractivity contribution in [2.45, 2.75) is 0 Å². The van der Waals surface area contributed by atoms with Crippen LogP contribution in [0.2, 0.25) is 0 Å². The maximum atomic E-state index is 13.1. The summed E-state index contributed by atoms with van der Waals surface area (Å²) in [6.07, 6.45) is 2.77. The molecule has 0 amide bonds. The Morgan fingerprint density at radius 2 is 2.25 bits per heavy atom. The molecule has 2 aromatic rings. The monoisotopic (exact) mass is 284 g/mol. The van der Waals surface area contributed by atoms with Crippen molar-refractivity contribution < 1.29 is 9.13 Å². The predicted octanol–water partition coefficient (Wildman–Crippen LogP) is 2.46. The van der Waals surface area contributed by atoms with E-state index < -0.39 is 11.4 Å². The Hall–Kier alpha value is -1.69. The second-order valence-corrected chi connectivity index (χ2v) is 3.76. The zero-order valence-electron chi connectivity index (χ0n) is 7.91. The topological polar surface area (TPSA) is 55.0 Å². The molecule has 0 aliphatic heterocycles. The lowest BCUT2D eigenvalue weighted by Gasteiger charge is -2.03. The second-order valence-electron chi connectivity index (χ2n) is 2.90. The van der Waals surface area contributed by atoms with Gasteiger partial charge in [0.15, 0.2) is 0 Å². The lowest BCUT2D eigenvalue weighted by atomic mass is 10.3. The van der Waals surface area contributed by atoms with Gasteiger partial charge in [-0.05, 0) is 28.1 Å². The molecule has 0 radical (unpaired) electrons. The van der Waals surface area contributed by atoms with Crippen LogP contribution in [0.3, 0.4) is 0 Å². The van der Waals surface area contributed by atoms with E-state index in [-0.39, 0.29) is 11.6 Å². The summed E-state index contributed by atoms with van der Waals surface area (Å²) in [5.74, 6) is -0.376. The molecule has 0 saturated carbocycles. The molecule has 16 heavy (non-hydrogen) atoms. The standard InChI is InChI=1S/C10H6BrFN2O2/c11-7-2-1-6(5-8(7)12)16-10-9(15)13-3-4-14-10/h1-5H,(H,13,15). The van der Waals surface area contributed by atoms with Crippen LogP contribution in [-0.4, -0.2) is 9.97 Å². The summed E-state index contributed by atoms with van der Waals surface area (Å²) in [6.45, 7) is 0. The Labute approximate surface area is 98.2 Å². The number of halogens is 2. The Morgan fingerprint density at radius 1 is 1.44 bits per heavy atom. The van der Waals surface area contributed by atoms with Crippen molar-refractivity contribution in [2.24, 2.45) is 0 Å². The number of rotatable bonds is 2. The first-order chi connectivity index (χ1) is 7.66. The smallest absolute Gasteiger partial charge is 0.311 e. The number of ether oxygens (including phenoxy) is 1. The van der Waals surface area contributed by atoms with Crippen molar-refractivity contribution in [3.63, 3.8) is 0 Å². The van der Waals surface area contributed by atoms with Crippen molar-refractivity contribution >= 4 is 15.9 Å². The van der Waals surface area contributed by atoms with Gasteiger partial charge >= 0.3 is 5.56 Å². The molecule has 1 heterocycles. The first-order valence-electron chi connectivity index (χ1n) is 4.33. The Balaban J connectivity index is 2.31. The third kappa shape index (κ3) is 2.27. The van der Waals surface area contributed by atoms with E-state index in [0.717, 1.165) is 6.07 Å². The number of hydrogen-bond donors (Lipinski definition) is 1. The van der Waals surface area contributed by atoms with Gasteiger partial charge in [0, 0.05) is 18.5 Å². The summed E-state index contributed by atoms with van der Waals surface area (Å²) in [7, 11) is 0. The maximum Gasteiger partial charge on any atom is 0.311 e. The fourth-order valence-electron chi connectivity index (χ4n) is 1.06. The molecule has 0 atom stereocenters. The quantitative estimate of drug-likeness (QED) is 0.922. The Kier molecular flexibility index (Phi) is 3.00. The van der Waals surface area contributed by atoms with Gasteiger partial charge in [0.2, 0.25) is 0 Å². The number of H-pyrrole nitrogens is 1. The van der Waals surface area contributed by atoms with E-state index in [9.17, 15) is 9.18 Å². The molecule has 0 saturated heterocycles. The van der Waals surface area contributed by atoms with Gasteiger partial charge in [-0.1, -0.05) is 0 Å². The Morgan fingerprint density at radius 3 is 2.94 bits per heavy atom. The molecule has 0 spiro atoms. The summed E-state index contributed by atoms with van der Waals surface area (Å²) >= 11 is 3.02. The van der Waals surface area contributed by atoms with E-state index in [1.54, 1.807) is 0 Å². The molecule has 1 aromatic carbocycles. The molecule has 0 bridgehead atoms. The van der Waals surface area contributed by atoms with E-state index >= 15 is 0 Å². The average molecular weight is 285 g/mol. The number of aromatic amines is 1. The molecule has 0 fully saturated rings. The number of nitrogens with zero attached hydrogens (tertiary/aromatic N) is 1. The summed E-state index contributed by atoms with van der Waals surface area (Å²) in [6, 6.07) is 4.18. The predicted molar refractivity (Wildman–Crippen MR) is 59.0 cm³/mol. The highest BCUT2D eigenvalue weighted by Gasteiger charge is 2.05. The summed E-state index contributed by atoms with van der Waals surface area (Å²) in [5.41, 5.74) is -0.467. The first-order valence-corrected chi connectivity index (χ1v) is 5.13. The van der Waals surface area contributed by atoms with Crippen LogP contribution in [0.15, 0.2) is 39.9 Å². The van der Waals surface area contributed by atoms with E-state index in [0.29, 0.717) is 4.47 Å². The molecule has 2 rings (SSSR count).